The van der Waals surface area contributed by atoms with Crippen molar-refractivity contribution in [2.24, 2.45) is 0 Å². The topological polar surface area (TPSA) is 44.1 Å². The number of hydrogen-bond acceptors (Lipinski definition) is 3. The Hall–Kier alpha value is -6.13. The third-order valence-electron chi connectivity index (χ3n) is 9.00. The van der Waals surface area contributed by atoms with Crippen LogP contribution in [0.5, 0.6) is 0 Å². The Balaban J connectivity index is 1.08. The van der Waals surface area contributed by atoms with Gasteiger partial charge < -0.3 is 8.83 Å². The summed E-state index contributed by atoms with van der Waals surface area (Å²) in [4.78, 5) is 5.08. The molecule has 0 radical (unpaired) electrons. The summed E-state index contributed by atoms with van der Waals surface area (Å²) in [6.07, 6.45) is 0. The van der Waals surface area contributed by atoms with Crippen molar-refractivity contribution in [2.45, 2.75) is 0 Å². The molecule has 0 amide bonds. The first-order valence-electron chi connectivity index (χ1n) is 15.1. The molecule has 0 saturated heterocycles. The first-order chi connectivity index (χ1) is 22.3. The van der Waals surface area contributed by atoms with Crippen molar-refractivity contribution in [3.63, 3.8) is 0 Å². The van der Waals surface area contributed by atoms with Gasteiger partial charge in [-0.3, -0.25) is 4.57 Å². The number of imidazole rings is 1. The number of hydrogen-bond donors (Lipinski definition) is 0. The molecule has 0 aliphatic carbocycles. The number of fused-ring (bicyclic) bond motifs is 8. The summed E-state index contributed by atoms with van der Waals surface area (Å²) < 4.78 is 14.8. The van der Waals surface area contributed by atoms with Gasteiger partial charge in [0.1, 0.15) is 28.2 Å². The molecule has 4 heteroatoms. The largest absolute Gasteiger partial charge is 0.456 e. The van der Waals surface area contributed by atoms with E-state index in [1.807, 2.05) is 24.3 Å². The van der Waals surface area contributed by atoms with Gasteiger partial charge in [0.05, 0.1) is 11.0 Å². The molecule has 0 atom stereocenters. The van der Waals surface area contributed by atoms with Crippen LogP contribution in [-0.4, -0.2) is 9.55 Å². The lowest BCUT2D eigenvalue weighted by atomic mass is 10.0. The third kappa shape index (κ3) is 3.69. The van der Waals surface area contributed by atoms with E-state index in [-0.39, 0.29) is 0 Å². The van der Waals surface area contributed by atoms with Crippen LogP contribution in [0.15, 0.2) is 154 Å². The summed E-state index contributed by atoms with van der Waals surface area (Å²) >= 11 is 0. The molecule has 7 aromatic carbocycles. The monoisotopic (exact) mass is 576 g/mol. The fraction of sp³-hybridized carbons (Fsp3) is 0. The molecule has 0 saturated carbocycles. The number of nitrogens with zero attached hydrogens (tertiary/aromatic N) is 2. The average Bonchev–Trinajstić information content (AvgIpc) is 3.78. The molecule has 3 heterocycles. The van der Waals surface area contributed by atoms with Crippen molar-refractivity contribution in [1.29, 1.82) is 0 Å². The number of para-hydroxylation sites is 3. The van der Waals surface area contributed by atoms with Crippen LogP contribution in [0.3, 0.4) is 0 Å². The molecule has 210 valence electrons. The smallest absolute Gasteiger partial charge is 0.145 e. The molecule has 0 N–H and O–H groups in total. The molecule has 10 aromatic rings. The first-order valence-corrected chi connectivity index (χ1v) is 15.1. The Bertz CT molecular complexity index is 2760. The maximum absolute atomic E-state index is 6.31. The van der Waals surface area contributed by atoms with E-state index in [0.29, 0.717) is 0 Å². The second kappa shape index (κ2) is 9.18. The standard InChI is InChI=1S/C41H24N2O2/c1-2-8-27-21-29(14-13-25(27)7-1)41-42-35-10-4-5-11-36(35)43(41)30-18-15-26(16-19-30)28-17-20-38-32(22-28)34-24-39-33(23-40(34)45-38)31-9-3-6-12-37(31)44-39/h1-24H. The van der Waals surface area contributed by atoms with Crippen LogP contribution < -0.4 is 0 Å². The van der Waals surface area contributed by atoms with Crippen LogP contribution in [0.4, 0.5) is 0 Å². The number of benzene rings is 7. The minimum absolute atomic E-state index is 0.866. The molecule has 3 aromatic heterocycles. The van der Waals surface area contributed by atoms with E-state index < -0.39 is 0 Å². The van der Waals surface area contributed by atoms with Crippen molar-refractivity contribution in [2.75, 3.05) is 0 Å². The summed E-state index contributed by atoms with van der Waals surface area (Å²) in [5, 5.41) is 6.73. The molecule has 0 aliphatic rings. The number of rotatable bonds is 3. The van der Waals surface area contributed by atoms with E-state index in [2.05, 4.69) is 126 Å². The Morgan fingerprint density at radius 3 is 1.93 bits per heavy atom. The summed E-state index contributed by atoms with van der Waals surface area (Å²) in [6, 6.07) is 50.9. The van der Waals surface area contributed by atoms with Gasteiger partial charge in [0.2, 0.25) is 0 Å². The average molecular weight is 577 g/mol. The fourth-order valence-corrected chi connectivity index (χ4v) is 6.79. The number of furan rings is 2. The summed E-state index contributed by atoms with van der Waals surface area (Å²) in [5.41, 5.74) is 9.97. The van der Waals surface area contributed by atoms with Gasteiger partial charge in [-0.05, 0) is 82.6 Å². The van der Waals surface area contributed by atoms with Gasteiger partial charge in [0.15, 0.2) is 0 Å². The highest BCUT2D eigenvalue weighted by atomic mass is 16.3. The lowest BCUT2D eigenvalue weighted by Crippen LogP contribution is -1.97. The first kappa shape index (κ1) is 24.3. The van der Waals surface area contributed by atoms with Crippen LogP contribution in [0, 0.1) is 0 Å². The van der Waals surface area contributed by atoms with Gasteiger partial charge >= 0.3 is 0 Å². The SMILES string of the molecule is c1ccc2cc(-c3nc4ccccc4n3-c3ccc(-c4ccc5oc6cc7c(cc6c5c4)oc4ccccc47)cc3)ccc2c1. The second-order valence-corrected chi connectivity index (χ2v) is 11.6. The van der Waals surface area contributed by atoms with Crippen molar-refractivity contribution in [3.8, 4) is 28.2 Å². The van der Waals surface area contributed by atoms with E-state index in [1.165, 1.54) is 10.8 Å². The molecular weight excluding hydrogens is 552 g/mol. The zero-order chi connectivity index (χ0) is 29.5. The molecule has 45 heavy (non-hydrogen) atoms. The molecule has 10 rings (SSSR count). The molecule has 0 spiro atoms. The highest BCUT2D eigenvalue weighted by Crippen LogP contribution is 2.38. The Morgan fingerprint density at radius 2 is 1.07 bits per heavy atom. The highest BCUT2D eigenvalue weighted by Gasteiger charge is 2.16. The van der Waals surface area contributed by atoms with E-state index in [4.69, 9.17) is 13.8 Å². The lowest BCUT2D eigenvalue weighted by Gasteiger charge is -2.11. The van der Waals surface area contributed by atoms with Crippen LogP contribution >= 0.6 is 0 Å². The molecule has 0 aliphatic heterocycles. The molecule has 0 unspecified atom stereocenters. The van der Waals surface area contributed by atoms with Crippen LogP contribution in [0.2, 0.25) is 0 Å². The van der Waals surface area contributed by atoms with Gasteiger partial charge in [-0.25, -0.2) is 4.98 Å². The van der Waals surface area contributed by atoms with Crippen LogP contribution in [0.25, 0.3) is 93.9 Å². The predicted octanol–water partition coefficient (Wildman–Crippen LogP) is 11.3. The van der Waals surface area contributed by atoms with Crippen LogP contribution in [0.1, 0.15) is 0 Å². The highest BCUT2D eigenvalue weighted by molar-refractivity contribution is 6.15. The third-order valence-corrected chi connectivity index (χ3v) is 9.00. The molecular formula is C41H24N2O2. The minimum Gasteiger partial charge on any atom is -0.456 e. The van der Waals surface area contributed by atoms with Gasteiger partial charge in [-0.1, -0.05) is 84.9 Å². The second-order valence-electron chi connectivity index (χ2n) is 11.6. The maximum Gasteiger partial charge on any atom is 0.145 e. The van der Waals surface area contributed by atoms with E-state index >= 15 is 0 Å². The predicted molar refractivity (Wildman–Crippen MR) is 184 cm³/mol. The Kier molecular flexibility index (Phi) is 4.96. The Morgan fingerprint density at radius 1 is 0.422 bits per heavy atom. The van der Waals surface area contributed by atoms with Gasteiger partial charge in [0.25, 0.3) is 0 Å². The summed E-state index contributed by atoms with van der Waals surface area (Å²) in [6.45, 7) is 0. The lowest BCUT2D eigenvalue weighted by molar-refractivity contribution is 0.664. The molecule has 0 bridgehead atoms. The van der Waals surface area contributed by atoms with E-state index in [1.54, 1.807) is 0 Å². The minimum atomic E-state index is 0.866. The summed E-state index contributed by atoms with van der Waals surface area (Å²) in [5.74, 6) is 0.929. The Labute approximate surface area is 257 Å². The van der Waals surface area contributed by atoms with Crippen molar-refractivity contribution in [1.82, 2.24) is 9.55 Å². The molecule has 0 fully saturated rings. The van der Waals surface area contributed by atoms with Crippen LogP contribution in [-0.2, 0) is 0 Å². The zero-order valence-corrected chi connectivity index (χ0v) is 24.1. The quantitative estimate of drug-likeness (QED) is 0.210. The normalized spacial score (nSPS) is 12.0. The number of aromatic nitrogens is 2. The van der Waals surface area contributed by atoms with E-state index in [0.717, 1.165) is 83.1 Å². The summed E-state index contributed by atoms with van der Waals surface area (Å²) in [7, 11) is 0. The van der Waals surface area contributed by atoms with Crippen molar-refractivity contribution in [3.05, 3.63) is 146 Å². The van der Waals surface area contributed by atoms with Crippen molar-refractivity contribution < 1.29 is 8.83 Å². The van der Waals surface area contributed by atoms with Crippen molar-refractivity contribution >= 4 is 65.7 Å². The van der Waals surface area contributed by atoms with Gasteiger partial charge in [0, 0.05) is 32.8 Å². The van der Waals surface area contributed by atoms with Gasteiger partial charge in [-0.15, -0.1) is 0 Å². The fourth-order valence-electron chi connectivity index (χ4n) is 6.79. The molecule has 4 nitrogen and oxygen atoms in total. The zero-order valence-electron chi connectivity index (χ0n) is 24.1. The van der Waals surface area contributed by atoms with E-state index in [9.17, 15) is 0 Å². The van der Waals surface area contributed by atoms with Gasteiger partial charge in [-0.2, -0.15) is 0 Å². The maximum atomic E-state index is 6.31.